The molecule has 4 rings (SSSR count). The second-order valence-electron chi connectivity index (χ2n) is 5.63. The van der Waals surface area contributed by atoms with E-state index in [2.05, 4.69) is 26.1 Å². The molecular weight excluding hydrogens is 438 g/mol. The molecule has 0 amide bonds. The molecule has 138 valence electrons. The zero-order chi connectivity index (χ0) is 18.8. The van der Waals surface area contributed by atoms with Crippen molar-refractivity contribution in [2.75, 3.05) is 6.79 Å². The maximum Gasteiger partial charge on any atom is 0.277 e. The highest BCUT2D eigenvalue weighted by atomic mass is 79.9. The largest absolute Gasteiger partial charge is 0.467 e. The molecule has 0 spiro atoms. The molecule has 0 aliphatic carbocycles. The third-order valence-corrected chi connectivity index (χ3v) is 5.23. The first-order valence-corrected chi connectivity index (χ1v) is 9.61. The number of aromatic nitrogens is 2. The number of halogens is 1. The van der Waals surface area contributed by atoms with Gasteiger partial charge in [-0.25, -0.2) is 0 Å². The minimum atomic E-state index is -0.429. The van der Waals surface area contributed by atoms with Gasteiger partial charge in [0.2, 0.25) is 5.89 Å². The molecule has 0 bridgehead atoms. The lowest BCUT2D eigenvalue weighted by Gasteiger charge is -2.20. The Hall–Kier alpha value is -2.43. The average Bonchev–Trinajstić information content (AvgIpc) is 3.15. The van der Waals surface area contributed by atoms with Crippen molar-refractivity contribution in [2.45, 2.75) is 17.6 Å². The van der Waals surface area contributed by atoms with Gasteiger partial charge in [-0.3, -0.25) is 10.1 Å². The van der Waals surface area contributed by atoms with Crippen LogP contribution in [0.4, 0.5) is 5.69 Å². The Balaban J connectivity index is 1.54. The van der Waals surface area contributed by atoms with E-state index >= 15 is 0 Å². The number of ether oxygens (including phenoxy) is 2. The molecule has 27 heavy (non-hydrogen) atoms. The summed E-state index contributed by atoms with van der Waals surface area (Å²) < 4.78 is 17.4. The number of thioether (sulfide) groups is 1. The Kier molecular flexibility index (Phi) is 5.10. The molecule has 1 aromatic heterocycles. The number of nitrogens with zero attached hydrogens (tertiary/aromatic N) is 3. The predicted octanol–water partition coefficient (Wildman–Crippen LogP) is 4.57. The summed E-state index contributed by atoms with van der Waals surface area (Å²) in [6.07, 6.45) is 0. The quantitative estimate of drug-likeness (QED) is 0.317. The summed E-state index contributed by atoms with van der Waals surface area (Å²) in [7, 11) is 0. The summed E-state index contributed by atoms with van der Waals surface area (Å²) in [5.74, 6) is 1.43. The molecule has 0 saturated heterocycles. The average molecular weight is 450 g/mol. The summed E-state index contributed by atoms with van der Waals surface area (Å²) in [5, 5.41) is 19.6. The lowest BCUT2D eigenvalue weighted by atomic mass is 10.1. The fourth-order valence-corrected chi connectivity index (χ4v) is 3.60. The molecule has 0 radical (unpaired) electrons. The highest BCUT2D eigenvalue weighted by molar-refractivity contribution is 9.10. The van der Waals surface area contributed by atoms with E-state index in [1.54, 1.807) is 0 Å². The molecule has 0 N–H and O–H groups in total. The van der Waals surface area contributed by atoms with E-state index in [9.17, 15) is 10.1 Å². The molecule has 0 saturated carbocycles. The summed E-state index contributed by atoms with van der Waals surface area (Å²) in [5.41, 5.74) is 2.16. The number of non-ortho nitro benzene ring substituents is 1. The Bertz CT molecular complexity index is 993. The van der Waals surface area contributed by atoms with Gasteiger partial charge in [0.05, 0.1) is 11.5 Å². The van der Waals surface area contributed by atoms with E-state index in [1.165, 1.54) is 23.9 Å². The number of fused-ring (bicyclic) bond motifs is 1. The van der Waals surface area contributed by atoms with Crippen LogP contribution in [0, 0.1) is 10.1 Å². The molecule has 1 aliphatic rings. The van der Waals surface area contributed by atoms with Crippen molar-refractivity contribution in [3.05, 3.63) is 62.1 Å². The normalized spacial score (nSPS) is 13.1. The topological polar surface area (TPSA) is 101 Å². The van der Waals surface area contributed by atoms with Crippen molar-refractivity contribution in [1.29, 1.82) is 0 Å². The Morgan fingerprint density at radius 1 is 1.22 bits per heavy atom. The van der Waals surface area contributed by atoms with Gasteiger partial charge in [-0.2, -0.15) is 0 Å². The fourth-order valence-electron chi connectivity index (χ4n) is 2.61. The van der Waals surface area contributed by atoms with E-state index in [1.807, 2.05) is 24.3 Å². The third-order valence-electron chi connectivity index (χ3n) is 3.83. The second-order valence-corrected chi connectivity index (χ2v) is 7.47. The highest BCUT2D eigenvalue weighted by Crippen LogP contribution is 2.36. The van der Waals surface area contributed by atoms with E-state index in [4.69, 9.17) is 13.9 Å². The first kappa shape index (κ1) is 18.0. The molecule has 3 aromatic rings. The van der Waals surface area contributed by atoms with Crippen LogP contribution in [0.15, 0.2) is 50.5 Å². The van der Waals surface area contributed by atoms with Crippen LogP contribution in [0.3, 0.4) is 0 Å². The van der Waals surface area contributed by atoms with Gasteiger partial charge in [0, 0.05) is 39.0 Å². The summed E-state index contributed by atoms with van der Waals surface area (Å²) in [6.45, 7) is 0.402. The van der Waals surface area contributed by atoms with Crippen LogP contribution < -0.4 is 4.74 Å². The van der Waals surface area contributed by atoms with Crippen LogP contribution in [0.1, 0.15) is 11.1 Å². The van der Waals surface area contributed by atoms with Crippen molar-refractivity contribution >= 4 is 33.4 Å². The van der Waals surface area contributed by atoms with Crippen molar-refractivity contribution in [3.63, 3.8) is 0 Å². The number of benzene rings is 2. The van der Waals surface area contributed by atoms with Crippen molar-refractivity contribution < 1.29 is 18.8 Å². The van der Waals surface area contributed by atoms with Crippen LogP contribution in [-0.4, -0.2) is 21.9 Å². The standard InChI is InChI=1S/C17H12BrN3O5S/c18-13-3-1-10(2-4-13)16-19-20-17(26-16)27-8-12-6-14(21(22)23)5-11-7-24-9-25-15(11)12/h1-6H,7-9H2. The smallest absolute Gasteiger partial charge is 0.277 e. The molecule has 10 heteroatoms. The van der Waals surface area contributed by atoms with E-state index < -0.39 is 4.92 Å². The number of rotatable bonds is 5. The molecule has 8 nitrogen and oxygen atoms in total. The highest BCUT2D eigenvalue weighted by Gasteiger charge is 2.21. The van der Waals surface area contributed by atoms with Gasteiger partial charge >= 0.3 is 0 Å². The minimum Gasteiger partial charge on any atom is -0.467 e. The molecule has 2 heterocycles. The van der Waals surface area contributed by atoms with Gasteiger partial charge in [-0.1, -0.05) is 27.7 Å². The third kappa shape index (κ3) is 3.97. The SMILES string of the molecule is O=[N+]([O-])c1cc2c(c(CSc3nnc(-c4ccc(Br)cc4)o3)c1)OCOC2. The van der Waals surface area contributed by atoms with Crippen molar-refractivity contribution in [2.24, 2.45) is 0 Å². The number of nitro benzene ring substituents is 1. The Morgan fingerprint density at radius 2 is 2.04 bits per heavy atom. The van der Waals surface area contributed by atoms with Gasteiger partial charge in [-0.05, 0) is 24.3 Å². The summed E-state index contributed by atoms with van der Waals surface area (Å²) in [4.78, 5) is 10.7. The van der Waals surface area contributed by atoms with Crippen LogP contribution in [-0.2, 0) is 17.1 Å². The van der Waals surface area contributed by atoms with E-state index in [-0.39, 0.29) is 19.1 Å². The van der Waals surface area contributed by atoms with Crippen LogP contribution in [0.5, 0.6) is 5.75 Å². The molecule has 0 atom stereocenters. The van der Waals surface area contributed by atoms with Gasteiger partial charge in [0.25, 0.3) is 10.9 Å². The van der Waals surface area contributed by atoms with Crippen molar-refractivity contribution in [3.8, 4) is 17.2 Å². The summed E-state index contributed by atoms with van der Waals surface area (Å²) >= 11 is 4.67. The maximum atomic E-state index is 11.2. The minimum absolute atomic E-state index is 0.000435. The van der Waals surface area contributed by atoms with Gasteiger partial charge in [0.15, 0.2) is 6.79 Å². The molecular formula is C17H12BrN3O5S. The van der Waals surface area contributed by atoms with Gasteiger partial charge in [-0.15, -0.1) is 10.2 Å². The first-order valence-electron chi connectivity index (χ1n) is 7.83. The lowest BCUT2D eigenvalue weighted by Crippen LogP contribution is -2.13. The maximum absolute atomic E-state index is 11.2. The summed E-state index contributed by atoms with van der Waals surface area (Å²) in [6, 6.07) is 10.5. The van der Waals surface area contributed by atoms with E-state index in [0.29, 0.717) is 33.7 Å². The fraction of sp³-hybridized carbons (Fsp3) is 0.176. The lowest BCUT2D eigenvalue weighted by molar-refractivity contribution is -0.385. The molecule has 1 aliphatic heterocycles. The predicted molar refractivity (Wildman–Crippen MR) is 100 cm³/mol. The Morgan fingerprint density at radius 3 is 2.81 bits per heavy atom. The monoisotopic (exact) mass is 449 g/mol. The number of hydrogen-bond acceptors (Lipinski definition) is 8. The first-order chi connectivity index (χ1) is 13.1. The van der Waals surface area contributed by atoms with Crippen molar-refractivity contribution in [1.82, 2.24) is 10.2 Å². The molecule has 2 aromatic carbocycles. The van der Waals surface area contributed by atoms with Crippen LogP contribution in [0.2, 0.25) is 0 Å². The zero-order valence-corrected chi connectivity index (χ0v) is 16.2. The van der Waals surface area contributed by atoms with Gasteiger partial charge in [0.1, 0.15) is 5.75 Å². The van der Waals surface area contributed by atoms with E-state index in [0.717, 1.165) is 10.0 Å². The van der Waals surface area contributed by atoms with Gasteiger partial charge < -0.3 is 13.9 Å². The molecule has 0 unspecified atom stereocenters. The van der Waals surface area contributed by atoms with Crippen LogP contribution >= 0.6 is 27.7 Å². The second kappa shape index (κ2) is 7.67. The molecule has 0 fully saturated rings. The zero-order valence-electron chi connectivity index (χ0n) is 13.8. The number of hydrogen-bond donors (Lipinski definition) is 0. The Labute approximate surface area is 166 Å². The van der Waals surface area contributed by atoms with Crippen LogP contribution in [0.25, 0.3) is 11.5 Å². The number of nitro groups is 1.